The van der Waals surface area contributed by atoms with Crippen LogP contribution in [0, 0.1) is 11.8 Å². The molecule has 2 fully saturated rings. The summed E-state index contributed by atoms with van der Waals surface area (Å²) in [5.41, 5.74) is 1.16. The molecule has 0 bridgehead atoms. The van der Waals surface area contributed by atoms with Crippen LogP contribution in [0.25, 0.3) is 11.2 Å². The summed E-state index contributed by atoms with van der Waals surface area (Å²) in [5, 5.41) is 10.3. The van der Waals surface area contributed by atoms with E-state index in [9.17, 15) is 14.8 Å². The molecule has 4 rings (SSSR count). The van der Waals surface area contributed by atoms with Crippen LogP contribution < -0.4 is 0 Å². The van der Waals surface area contributed by atoms with Crippen LogP contribution >= 0.6 is 0 Å². The van der Waals surface area contributed by atoms with Crippen molar-refractivity contribution in [3.8, 4) is 0 Å². The Bertz CT molecular complexity index is 799. The molecular formula is C20H26N4O4. The van der Waals surface area contributed by atoms with Gasteiger partial charge in [-0.3, -0.25) is 14.8 Å². The smallest absolute Gasteiger partial charge is 0.233 e. The average Bonchev–Trinajstić information content (AvgIpc) is 3.45. The second-order valence-corrected chi connectivity index (χ2v) is 7.88. The third-order valence-corrected chi connectivity index (χ3v) is 5.97. The van der Waals surface area contributed by atoms with E-state index < -0.39 is 5.92 Å². The van der Waals surface area contributed by atoms with Gasteiger partial charge in [-0.1, -0.05) is 25.7 Å². The van der Waals surface area contributed by atoms with Gasteiger partial charge < -0.3 is 9.32 Å². The maximum Gasteiger partial charge on any atom is 0.233 e. The maximum absolute atomic E-state index is 13.4. The van der Waals surface area contributed by atoms with E-state index in [2.05, 4.69) is 9.97 Å². The standard InChI is InChI=1S/C20H26N4O4/c25-13-23(27)12-15(11-14-5-1-2-6-14)20(26)24-10-4-7-16(24)19-22-18-17(28-19)8-3-9-21-18/h3,8-9,13-16,27H,1-2,4-7,10-12H2/t15-,16+/m1/s1. The molecule has 1 aliphatic heterocycles. The molecule has 2 atom stereocenters. The van der Waals surface area contributed by atoms with Gasteiger partial charge in [0.25, 0.3) is 0 Å². The second-order valence-electron chi connectivity index (χ2n) is 7.88. The molecular weight excluding hydrogens is 360 g/mol. The molecule has 28 heavy (non-hydrogen) atoms. The summed E-state index contributed by atoms with van der Waals surface area (Å²) in [6, 6.07) is 3.38. The van der Waals surface area contributed by atoms with Gasteiger partial charge in [0.05, 0.1) is 12.5 Å². The minimum Gasteiger partial charge on any atom is -0.437 e. The number of fused-ring (bicyclic) bond motifs is 1. The van der Waals surface area contributed by atoms with Gasteiger partial charge in [0, 0.05) is 12.7 Å². The SMILES string of the molecule is O=CN(O)C[C@@H](CC1CCCC1)C(=O)N1CCC[C@H]1c1nc2ncccc2o1. The molecule has 0 aromatic carbocycles. The van der Waals surface area contributed by atoms with Gasteiger partial charge in [-0.25, -0.2) is 10.0 Å². The van der Waals surface area contributed by atoms with Crippen molar-refractivity contribution in [2.75, 3.05) is 13.1 Å². The maximum atomic E-state index is 13.4. The van der Waals surface area contributed by atoms with Crippen LogP contribution in [0.5, 0.6) is 0 Å². The van der Waals surface area contributed by atoms with Crippen LogP contribution in [-0.2, 0) is 9.59 Å². The molecule has 0 unspecified atom stereocenters. The van der Waals surface area contributed by atoms with Crippen molar-refractivity contribution in [3.63, 3.8) is 0 Å². The number of pyridine rings is 1. The highest BCUT2D eigenvalue weighted by Crippen LogP contribution is 2.36. The molecule has 1 aliphatic carbocycles. The van der Waals surface area contributed by atoms with E-state index in [1.165, 1.54) is 12.8 Å². The van der Waals surface area contributed by atoms with Crippen LogP contribution in [0.1, 0.15) is 56.9 Å². The lowest BCUT2D eigenvalue weighted by molar-refractivity contribution is -0.157. The van der Waals surface area contributed by atoms with Crippen molar-refractivity contribution in [3.05, 3.63) is 24.2 Å². The predicted molar refractivity (Wildman–Crippen MR) is 100 cm³/mol. The minimum absolute atomic E-state index is 0.0250. The summed E-state index contributed by atoms with van der Waals surface area (Å²) < 4.78 is 5.86. The summed E-state index contributed by atoms with van der Waals surface area (Å²) in [7, 11) is 0. The number of carbonyl (C=O) groups is 2. The largest absolute Gasteiger partial charge is 0.437 e. The zero-order valence-corrected chi connectivity index (χ0v) is 15.9. The first-order chi connectivity index (χ1) is 13.7. The van der Waals surface area contributed by atoms with Gasteiger partial charge in [-0.15, -0.1) is 0 Å². The Morgan fingerprint density at radius 3 is 2.93 bits per heavy atom. The van der Waals surface area contributed by atoms with E-state index in [0.717, 1.165) is 25.7 Å². The fraction of sp³-hybridized carbons (Fsp3) is 0.600. The first-order valence-electron chi connectivity index (χ1n) is 10.1. The quantitative estimate of drug-likeness (QED) is 0.446. The number of hydroxylamine groups is 2. The van der Waals surface area contributed by atoms with Gasteiger partial charge in [-0.2, -0.15) is 4.98 Å². The molecule has 1 N–H and O–H groups in total. The van der Waals surface area contributed by atoms with E-state index in [1.807, 2.05) is 11.0 Å². The number of hydrogen-bond acceptors (Lipinski definition) is 6. The molecule has 1 saturated carbocycles. The molecule has 3 heterocycles. The van der Waals surface area contributed by atoms with Gasteiger partial charge >= 0.3 is 0 Å². The zero-order valence-electron chi connectivity index (χ0n) is 15.9. The fourth-order valence-corrected chi connectivity index (χ4v) is 4.62. The molecule has 2 aromatic rings. The fourth-order valence-electron chi connectivity index (χ4n) is 4.62. The minimum atomic E-state index is -0.415. The van der Waals surface area contributed by atoms with Crippen LogP contribution in [0.2, 0.25) is 0 Å². The van der Waals surface area contributed by atoms with E-state index >= 15 is 0 Å². The monoisotopic (exact) mass is 386 g/mol. The first kappa shape index (κ1) is 18.9. The lowest BCUT2D eigenvalue weighted by Crippen LogP contribution is -2.41. The number of hydrogen-bond donors (Lipinski definition) is 1. The Kier molecular flexibility index (Phi) is 5.57. The predicted octanol–water partition coefficient (Wildman–Crippen LogP) is 2.93. The molecule has 2 aromatic heterocycles. The summed E-state index contributed by atoms with van der Waals surface area (Å²) >= 11 is 0. The van der Waals surface area contributed by atoms with Crippen molar-refractivity contribution in [2.24, 2.45) is 11.8 Å². The van der Waals surface area contributed by atoms with Crippen LogP contribution in [-0.4, -0.2) is 50.5 Å². The highest BCUT2D eigenvalue weighted by atomic mass is 16.5. The average molecular weight is 386 g/mol. The van der Waals surface area contributed by atoms with Crippen molar-refractivity contribution < 1.29 is 19.2 Å². The van der Waals surface area contributed by atoms with Crippen molar-refractivity contribution >= 4 is 23.5 Å². The number of likely N-dealkylation sites (tertiary alicyclic amines) is 1. The van der Waals surface area contributed by atoms with Crippen molar-refractivity contribution in [2.45, 2.75) is 51.0 Å². The molecule has 1 saturated heterocycles. The molecule has 150 valence electrons. The van der Waals surface area contributed by atoms with Crippen LogP contribution in [0.15, 0.2) is 22.7 Å². The number of nitrogens with zero attached hydrogens (tertiary/aromatic N) is 4. The Balaban J connectivity index is 1.54. The second kappa shape index (κ2) is 8.26. The Labute approximate surface area is 163 Å². The number of carbonyl (C=O) groups excluding carboxylic acids is 2. The molecule has 8 heteroatoms. The summed E-state index contributed by atoms with van der Waals surface area (Å²) in [4.78, 5) is 34.8. The summed E-state index contributed by atoms with van der Waals surface area (Å²) in [5.74, 6) is 0.533. The van der Waals surface area contributed by atoms with E-state index in [4.69, 9.17) is 4.42 Å². The van der Waals surface area contributed by atoms with Crippen molar-refractivity contribution in [1.29, 1.82) is 0 Å². The number of amides is 2. The van der Waals surface area contributed by atoms with Gasteiger partial charge in [-0.05, 0) is 37.3 Å². The molecule has 2 aliphatic rings. The number of oxazole rings is 1. The Hall–Kier alpha value is -2.48. The lowest BCUT2D eigenvalue weighted by atomic mass is 9.91. The van der Waals surface area contributed by atoms with Crippen molar-refractivity contribution in [1.82, 2.24) is 19.9 Å². The first-order valence-corrected chi connectivity index (χ1v) is 10.1. The topological polar surface area (TPSA) is 99.8 Å². The summed E-state index contributed by atoms with van der Waals surface area (Å²) in [6.07, 6.45) is 8.96. The molecule has 0 radical (unpaired) electrons. The Morgan fingerprint density at radius 1 is 1.36 bits per heavy atom. The van der Waals surface area contributed by atoms with Gasteiger partial charge in [0.15, 0.2) is 11.2 Å². The summed E-state index contributed by atoms with van der Waals surface area (Å²) in [6.45, 7) is 0.653. The van der Waals surface area contributed by atoms with E-state index in [1.54, 1.807) is 12.3 Å². The molecule has 0 spiro atoms. The molecule has 8 nitrogen and oxygen atoms in total. The third-order valence-electron chi connectivity index (χ3n) is 5.97. The van der Waals surface area contributed by atoms with E-state index in [0.29, 0.717) is 47.5 Å². The van der Waals surface area contributed by atoms with Crippen LogP contribution in [0.4, 0.5) is 0 Å². The zero-order chi connectivity index (χ0) is 19.5. The lowest BCUT2D eigenvalue weighted by Gasteiger charge is -2.29. The van der Waals surface area contributed by atoms with E-state index in [-0.39, 0.29) is 18.5 Å². The third kappa shape index (κ3) is 3.87. The highest BCUT2D eigenvalue weighted by molar-refractivity contribution is 5.80. The van der Waals surface area contributed by atoms with Crippen LogP contribution in [0.3, 0.4) is 0 Å². The van der Waals surface area contributed by atoms with Gasteiger partial charge in [0.1, 0.15) is 6.04 Å². The highest BCUT2D eigenvalue weighted by Gasteiger charge is 2.38. The normalized spacial score (nSPS) is 21.3. The van der Waals surface area contributed by atoms with Gasteiger partial charge in [0.2, 0.25) is 18.2 Å². The molecule has 2 amide bonds. The number of aromatic nitrogens is 2. The number of rotatable bonds is 7. The Morgan fingerprint density at radius 2 is 2.18 bits per heavy atom.